The highest BCUT2D eigenvalue weighted by Gasteiger charge is 2.17. The number of ether oxygens (including phenoxy) is 4. The van der Waals surface area contributed by atoms with Crippen molar-refractivity contribution in [3.63, 3.8) is 0 Å². The van der Waals surface area contributed by atoms with E-state index in [4.69, 9.17) is 23.4 Å². The largest absolute Gasteiger partial charge is 0.493 e. The van der Waals surface area contributed by atoms with Gasteiger partial charge in [-0.2, -0.15) is 0 Å². The van der Waals surface area contributed by atoms with Crippen LogP contribution in [0.15, 0.2) is 83.3 Å². The quantitative estimate of drug-likeness (QED) is 0.296. The Morgan fingerprint density at radius 3 is 2.37 bits per heavy atom. The first kappa shape index (κ1) is 25.2. The molecule has 0 unspecified atom stereocenters. The summed E-state index contributed by atoms with van der Waals surface area (Å²) < 4.78 is 27.6. The monoisotopic (exact) mass is 514 g/mol. The molecular formula is C30H30N2O6. The summed E-state index contributed by atoms with van der Waals surface area (Å²) in [6, 6.07) is 25.3. The number of nitrogens with one attached hydrogen (secondary N) is 1. The van der Waals surface area contributed by atoms with E-state index in [2.05, 4.69) is 22.3 Å². The first-order chi connectivity index (χ1) is 18.6. The maximum Gasteiger partial charge on any atom is 0.287 e. The Hall–Kier alpha value is -4.43. The van der Waals surface area contributed by atoms with Crippen LogP contribution in [-0.4, -0.2) is 31.8 Å². The zero-order valence-electron chi connectivity index (χ0n) is 21.4. The van der Waals surface area contributed by atoms with Crippen LogP contribution < -0.4 is 24.3 Å². The predicted molar refractivity (Wildman–Crippen MR) is 141 cm³/mol. The van der Waals surface area contributed by atoms with Crippen LogP contribution in [0.25, 0.3) is 0 Å². The average molecular weight is 515 g/mol. The molecule has 1 aliphatic heterocycles. The van der Waals surface area contributed by atoms with E-state index in [1.807, 2.05) is 60.7 Å². The zero-order chi connectivity index (χ0) is 26.3. The van der Waals surface area contributed by atoms with Crippen molar-refractivity contribution in [3.8, 4) is 23.0 Å². The third-order valence-corrected chi connectivity index (χ3v) is 6.26. The molecule has 196 valence electrons. The van der Waals surface area contributed by atoms with Gasteiger partial charge in [0.25, 0.3) is 5.91 Å². The lowest BCUT2D eigenvalue weighted by molar-refractivity contribution is 0.0918. The zero-order valence-corrected chi connectivity index (χ0v) is 21.4. The van der Waals surface area contributed by atoms with Gasteiger partial charge in [0, 0.05) is 19.6 Å². The number of benzene rings is 3. The molecule has 5 rings (SSSR count). The molecule has 8 nitrogen and oxygen atoms in total. The summed E-state index contributed by atoms with van der Waals surface area (Å²) in [5.41, 5.74) is 3.17. The van der Waals surface area contributed by atoms with Gasteiger partial charge in [0.2, 0.25) is 6.79 Å². The van der Waals surface area contributed by atoms with E-state index in [0.29, 0.717) is 54.9 Å². The molecule has 2 heterocycles. The number of carbonyl (C=O) groups excluding carboxylic acids is 1. The minimum atomic E-state index is -0.275. The number of carbonyl (C=O) groups is 1. The van der Waals surface area contributed by atoms with Crippen molar-refractivity contribution in [1.82, 2.24) is 10.2 Å². The number of furan rings is 1. The van der Waals surface area contributed by atoms with E-state index in [9.17, 15) is 4.79 Å². The fourth-order valence-corrected chi connectivity index (χ4v) is 4.37. The molecule has 1 aliphatic rings. The third kappa shape index (κ3) is 6.10. The van der Waals surface area contributed by atoms with Gasteiger partial charge in [-0.25, -0.2) is 0 Å². The molecule has 0 atom stereocenters. The molecule has 8 heteroatoms. The molecule has 0 radical (unpaired) electrons. The highest BCUT2D eigenvalue weighted by atomic mass is 16.7. The molecule has 3 aromatic carbocycles. The maximum absolute atomic E-state index is 12.8. The highest BCUT2D eigenvalue weighted by Crippen LogP contribution is 2.32. The van der Waals surface area contributed by atoms with E-state index < -0.39 is 0 Å². The average Bonchev–Trinajstić information content (AvgIpc) is 3.61. The van der Waals surface area contributed by atoms with E-state index in [-0.39, 0.29) is 18.5 Å². The van der Waals surface area contributed by atoms with Gasteiger partial charge in [0.05, 0.1) is 20.8 Å². The van der Waals surface area contributed by atoms with Gasteiger partial charge in [-0.05, 0) is 53.1 Å². The molecule has 0 spiro atoms. The third-order valence-electron chi connectivity index (χ3n) is 6.26. The van der Waals surface area contributed by atoms with Gasteiger partial charge in [0.15, 0.2) is 28.8 Å². The second-order valence-electron chi connectivity index (χ2n) is 8.96. The lowest BCUT2D eigenvalue weighted by Crippen LogP contribution is -2.23. The first-order valence-corrected chi connectivity index (χ1v) is 12.3. The Morgan fingerprint density at radius 2 is 1.55 bits per heavy atom. The van der Waals surface area contributed by atoms with Gasteiger partial charge in [-0.3, -0.25) is 9.69 Å². The van der Waals surface area contributed by atoms with Gasteiger partial charge < -0.3 is 28.7 Å². The molecule has 1 N–H and O–H groups in total. The summed E-state index contributed by atoms with van der Waals surface area (Å²) in [4.78, 5) is 15.0. The number of hydrogen-bond acceptors (Lipinski definition) is 7. The molecule has 0 fully saturated rings. The lowest BCUT2D eigenvalue weighted by atomic mass is 10.1. The summed E-state index contributed by atoms with van der Waals surface area (Å²) in [5, 5.41) is 2.91. The summed E-state index contributed by atoms with van der Waals surface area (Å²) in [5.74, 6) is 3.47. The molecule has 38 heavy (non-hydrogen) atoms. The minimum Gasteiger partial charge on any atom is -0.493 e. The van der Waals surface area contributed by atoms with Crippen molar-refractivity contribution in [1.29, 1.82) is 0 Å². The van der Waals surface area contributed by atoms with E-state index in [0.717, 1.165) is 11.1 Å². The Balaban J connectivity index is 1.26. The predicted octanol–water partition coefficient (Wildman–Crippen LogP) is 5.16. The standard InChI is InChI=1S/C30H30N2O6/c1-34-25-11-9-23(15-28(25)35-2)18-32(17-21-6-4-3-5-7-21)19-24-10-13-27(38-24)30(33)31-16-22-8-12-26-29(14-22)37-20-36-26/h3-15H,16-20H2,1-2H3,(H,31,33). The Labute approximate surface area is 221 Å². The fourth-order valence-electron chi connectivity index (χ4n) is 4.37. The second-order valence-corrected chi connectivity index (χ2v) is 8.96. The van der Waals surface area contributed by atoms with Crippen LogP contribution in [0.1, 0.15) is 33.0 Å². The summed E-state index contributed by atoms with van der Waals surface area (Å²) in [6.45, 7) is 2.46. The van der Waals surface area contributed by atoms with Crippen LogP contribution >= 0.6 is 0 Å². The molecule has 4 aromatic rings. The Morgan fingerprint density at radius 1 is 0.789 bits per heavy atom. The lowest BCUT2D eigenvalue weighted by Gasteiger charge is -2.22. The van der Waals surface area contributed by atoms with Crippen molar-refractivity contribution in [3.05, 3.63) is 107 Å². The van der Waals surface area contributed by atoms with Crippen LogP contribution in [0.2, 0.25) is 0 Å². The number of nitrogens with zero attached hydrogens (tertiary/aromatic N) is 1. The normalized spacial score (nSPS) is 12.0. The van der Waals surface area contributed by atoms with Crippen LogP contribution in [0.5, 0.6) is 23.0 Å². The highest BCUT2D eigenvalue weighted by molar-refractivity contribution is 5.91. The number of rotatable bonds is 11. The number of fused-ring (bicyclic) bond motifs is 1. The van der Waals surface area contributed by atoms with Gasteiger partial charge in [0.1, 0.15) is 5.76 Å². The van der Waals surface area contributed by atoms with Crippen LogP contribution in [0.3, 0.4) is 0 Å². The summed E-state index contributed by atoms with van der Waals surface area (Å²) in [7, 11) is 3.25. The second kappa shape index (κ2) is 11.7. The molecule has 0 saturated carbocycles. The van der Waals surface area contributed by atoms with E-state index in [1.165, 1.54) is 5.56 Å². The van der Waals surface area contributed by atoms with Crippen LogP contribution in [0, 0.1) is 0 Å². The minimum absolute atomic E-state index is 0.216. The van der Waals surface area contributed by atoms with E-state index in [1.54, 1.807) is 20.3 Å². The first-order valence-electron chi connectivity index (χ1n) is 12.3. The van der Waals surface area contributed by atoms with Gasteiger partial charge in [-0.1, -0.05) is 42.5 Å². The van der Waals surface area contributed by atoms with Crippen molar-refractivity contribution >= 4 is 5.91 Å². The van der Waals surface area contributed by atoms with Crippen LogP contribution in [-0.2, 0) is 26.2 Å². The molecule has 0 aliphatic carbocycles. The van der Waals surface area contributed by atoms with Crippen LogP contribution in [0.4, 0.5) is 0 Å². The van der Waals surface area contributed by atoms with Crippen molar-refractivity contribution in [2.24, 2.45) is 0 Å². The summed E-state index contributed by atoms with van der Waals surface area (Å²) in [6.07, 6.45) is 0. The smallest absolute Gasteiger partial charge is 0.287 e. The van der Waals surface area contributed by atoms with Crippen molar-refractivity contribution in [2.75, 3.05) is 21.0 Å². The maximum atomic E-state index is 12.8. The Kier molecular flexibility index (Phi) is 7.80. The molecular weight excluding hydrogens is 484 g/mol. The van der Waals surface area contributed by atoms with Crippen molar-refractivity contribution in [2.45, 2.75) is 26.2 Å². The molecule has 0 bridgehead atoms. The van der Waals surface area contributed by atoms with Crippen molar-refractivity contribution < 1.29 is 28.2 Å². The van der Waals surface area contributed by atoms with Gasteiger partial charge >= 0.3 is 0 Å². The number of methoxy groups -OCH3 is 2. The molecule has 0 saturated heterocycles. The topological polar surface area (TPSA) is 82.4 Å². The summed E-state index contributed by atoms with van der Waals surface area (Å²) >= 11 is 0. The number of hydrogen-bond donors (Lipinski definition) is 1. The fraction of sp³-hybridized carbons (Fsp3) is 0.233. The Bertz CT molecular complexity index is 1380. The number of amides is 1. The SMILES string of the molecule is COc1ccc(CN(Cc2ccccc2)Cc2ccc(C(=O)NCc3ccc4c(c3)OCO4)o2)cc1OC. The van der Waals surface area contributed by atoms with Gasteiger partial charge in [-0.15, -0.1) is 0 Å². The molecule has 1 aromatic heterocycles. The van der Waals surface area contributed by atoms with E-state index >= 15 is 0 Å². The molecule has 1 amide bonds.